The van der Waals surface area contributed by atoms with Crippen LogP contribution in [0, 0.1) is 6.92 Å². The van der Waals surface area contributed by atoms with Gasteiger partial charge in [-0.1, -0.05) is 30.3 Å². The number of aryl methyl sites for hydroxylation is 1. The van der Waals surface area contributed by atoms with Gasteiger partial charge in [-0.15, -0.1) is 0 Å². The van der Waals surface area contributed by atoms with E-state index >= 15 is 0 Å². The number of hydrogen-bond acceptors (Lipinski definition) is 2. The Morgan fingerprint density at radius 2 is 2.00 bits per heavy atom. The molecule has 0 saturated heterocycles. The Bertz CT molecular complexity index is 420. The fraction of sp³-hybridized carbons (Fsp3) is 0.308. The molecule has 1 aromatic heterocycles. The van der Waals surface area contributed by atoms with E-state index < -0.39 is 0 Å². The van der Waals surface area contributed by atoms with E-state index in [1.165, 1.54) is 11.3 Å². The number of benzene rings is 1. The van der Waals surface area contributed by atoms with Crippen LogP contribution in [0.3, 0.4) is 0 Å². The maximum absolute atomic E-state index is 4.24. The lowest BCUT2D eigenvalue weighted by molar-refractivity contribution is 0.545. The molecule has 0 spiro atoms. The number of hydrogen-bond donors (Lipinski definition) is 1. The molecule has 0 radical (unpaired) electrons. The second kappa shape index (κ2) is 5.47. The lowest BCUT2D eigenvalue weighted by atomic mass is 10.2. The predicted molar refractivity (Wildman–Crippen MR) is 65.1 cm³/mol. The lowest BCUT2D eigenvalue weighted by Gasteiger charge is -2.06. The molecule has 0 unspecified atom stereocenters. The van der Waals surface area contributed by atoms with Gasteiger partial charge >= 0.3 is 0 Å². The van der Waals surface area contributed by atoms with E-state index in [4.69, 9.17) is 0 Å². The Balaban J connectivity index is 1.72. The maximum atomic E-state index is 4.24. The van der Waals surface area contributed by atoms with Crippen LogP contribution in [-0.2, 0) is 13.1 Å². The van der Waals surface area contributed by atoms with Crippen LogP contribution in [0.1, 0.15) is 11.3 Å². The first-order valence-electron chi connectivity index (χ1n) is 5.59. The molecule has 0 aliphatic heterocycles. The zero-order valence-electron chi connectivity index (χ0n) is 9.56. The predicted octanol–water partition coefficient (Wildman–Crippen LogP) is 1.98. The highest BCUT2D eigenvalue weighted by molar-refractivity contribution is 5.14. The summed E-state index contributed by atoms with van der Waals surface area (Å²) in [6, 6.07) is 12.5. The fourth-order valence-corrected chi connectivity index (χ4v) is 1.65. The molecule has 2 rings (SSSR count). The molecule has 0 bridgehead atoms. The van der Waals surface area contributed by atoms with Crippen molar-refractivity contribution in [3.8, 4) is 0 Å². The summed E-state index contributed by atoms with van der Waals surface area (Å²) in [6.07, 6.45) is 1.84. The topological polar surface area (TPSA) is 29.9 Å². The van der Waals surface area contributed by atoms with Gasteiger partial charge < -0.3 is 5.32 Å². The van der Waals surface area contributed by atoms with E-state index in [0.717, 1.165) is 19.6 Å². The molecule has 1 N–H and O–H groups in total. The minimum absolute atomic E-state index is 0.918. The zero-order chi connectivity index (χ0) is 11.2. The van der Waals surface area contributed by atoms with Crippen molar-refractivity contribution in [3.63, 3.8) is 0 Å². The summed E-state index contributed by atoms with van der Waals surface area (Å²) in [4.78, 5) is 0. The Hall–Kier alpha value is -1.61. The minimum atomic E-state index is 0.918. The highest BCUT2D eigenvalue weighted by Crippen LogP contribution is 1.97. The summed E-state index contributed by atoms with van der Waals surface area (Å²) >= 11 is 0. The third-order valence-electron chi connectivity index (χ3n) is 2.60. The van der Waals surface area contributed by atoms with Gasteiger partial charge in [-0.2, -0.15) is 5.10 Å². The third-order valence-corrected chi connectivity index (χ3v) is 2.60. The Morgan fingerprint density at radius 1 is 1.19 bits per heavy atom. The van der Waals surface area contributed by atoms with Crippen molar-refractivity contribution in [2.24, 2.45) is 0 Å². The van der Waals surface area contributed by atoms with E-state index in [0.29, 0.717) is 0 Å². The van der Waals surface area contributed by atoms with E-state index in [1.54, 1.807) is 0 Å². The van der Waals surface area contributed by atoms with Crippen LogP contribution in [0.25, 0.3) is 0 Å². The van der Waals surface area contributed by atoms with Crippen LogP contribution in [0.4, 0.5) is 0 Å². The molecule has 3 heteroatoms. The molecule has 0 atom stereocenters. The van der Waals surface area contributed by atoms with Crippen LogP contribution in [0.15, 0.2) is 42.6 Å². The normalized spacial score (nSPS) is 10.6. The van der Waals surface area contributed by atoms with Crippen LogP contribution in [0.5, 0.6) is 0 Å². The van der Waals surface area contributed by atoms with Gasteiger partial charge in [0.15, 0.2) is 0 Å². The number of rotatable bonds is 5. The Labute approximate surface area is 96.1 Å². The van der Waals surface area contributed by atoms with Crippen LogP contribution >= 0.6 is 0 Å². The largest absolute Gasteiger partial charge is 0.311 e. The molecular formula is C13H17N3. The third kappa shape index (κ3) is 2.94. The molecule has 1 aromatic carbocycles. The van der Waals surface area contributed by atoms with Gasteiger partial charge in [0, 0.05) is 25.0 Å². The van der Waals surface area contributed by atoms with Gasteiger partial charge in [-0.25, -0.2) is 0 Å². The molecule has 2 aromatic rings. The molecule has 0 saturated carbocycles. The molecule has 1 heterocycles. The van der Waals surface area contributed by atoms with Crippen LogP contribution in [-0.4, -0.2) is 16.3 Å². The van der Waals surface area contributed by atoms with Gasteiger partial charge in [-0.3, -0.25) is 4.68 Å². The van der Waals surface area contributed by atoms with Gasteiger partial charge in [0.25, 0.3) is 0 Å². The Kier molecular flexibility index (Phi) is 3.72. The monoisotopic (exact) mass is 215 g/mol. The quantitative estimate of drug-likeness (QED) is 0.773. The summed E-state index contributed by atoms with van der Waals surface area (Å²) in [6.45, 7) is 4.86. The molecular weight excluding hydrogens is 198 g/mol. The summed E-state index contributed by atoms with van der Waals surface area (Å²) in [7, 11) is 0. The van der Waals surface area contributed by atoms with Crippen LogP contribution < -0.4 is 5.32 Å². The first kappa shape index (κ1) is 10.9. The van der Waals surface area contributed by atoms with E-state index in [2.05, 4.69) is 41.6 Å². The summed E-state index contributed by atoms with van der Waals surface area (Å²) in [5.41, 5.74) is 2.53. The van der Waals surface area contributed by atoms with Gasteiger partial charge in [0.05, 0.1) is 6.54 Å². The number of nitrogens with one attached hydrogen (secondary N) is 1. The second-order valence-corrected chi connectivity index (χ2v) is 3.86. The van der Waals surface area contributed by atoms with Gasteiger partial charge in [-0.05, 0) is 18.6 Å². The molecule has 0 aliphatic rings. The number of nitrogens with zero attached hydrogens (tertiary/aromatic N) is 2. The molecule has 0 aliphatic carbocycles. The van der Waals surface area contributed by atoms with Crippen molar-refractivity contribution in [2.45, 2.75) is 20.0 Å². The van der Waals surface area contributed by atoms with Crippen molar-refractivity contribution in [1.29, 1.82) is 0 Å². The molecule has 84 valence electrons. The van der Waals surface area contributed by atoms with Crippen molar-refractivity contribution in [3.05, 3.63) is 53.9 Å². The molecule has 16 heavy (non-hydrogen) atoms. The van der Waals surface area contributed by atoms with E-state index in [-0.39, 0.29) is 0 Å². The average molecular weight is 215 g/mol. The van der Waals surface area contributed by atoms with Gasteiger partial charge in [0.1, 0.15) is 0 Å². The fourth-order valence-electron chi connectivity index (χ4n) is 1.65. The summed E-state index contributed by atoms with van der Waals surface area (Å²) in [5.74, 6) is 0. The zero-order valence-corrected chi connectivity index (χ0v) is 9.56. The standard InChI is InChI=1S/C13H17N3/c1-12-7-8-15-16(12)10-9-14-11-13-5-3-2-4-6-13/h2-8,14H,9-11H2,1H3. The highest BCUT2D eigenvalue weighted by Gasteiger charge is 1.96. The van der Waals surface area contributed by atoms with E-state index in [1.807, 2.05) is 23.0 Å². The minimum Gasteiger partial charge on any atom is -0.311 e. The van der Waals surface area contributed by atoms with Gasteiger partial charge in [0.2, 0.25) is 0 Å². The molecule has 3 nitrogen and oxygen atoms in total. The van der Waals surface area contributed by atoms with Crippen molar-refractivity contribution in [2.75, 3.05) is 6.54 Å². The Morgan fingerprint density at radius 3 is 2.69 bits per heavy atom. The average Bonchev–Trinajstić information content (AvgIpc) is 2.72. The molecule has 0 amide bonds. The SMILES string of the molecule is Cc1ccnn1CCNCc1ccccc1. The number of aromatic nitrogens is 2. The van der Waals surface area contributed by atoms with E-state index in [9.17, 15) is 0 Å². The first-order valence-corrected chi connectivity index (χ1v) is 5.59. The van der Waals surface area contributed by atoms with Crippen molar-refractivity contribution in [1.82, 2.24) is 15.1 Å². The van der Waals surface area contributed by atoms with Crippen molar-refractivity contribution < 1.29 is 0 Å². The summed E-state index contributed by atoms with van der Waals surface area (Å²) < 4.78 is 2.01. The maximum Gasteiger partial charge on any atom is 0.0537 e. The van der Waals surface area contributed by atoms with Crippen molar-refractivity contribution >= 4 is 0 Å². The molecule has 0 fully saturated rings. The second-order valence-electron chi connectivity index (χ2n) is 3.86. The lowest BCUT2D eigenvalue weighted by Crippen LogP contribution is -2.20. The van der Waals surface area contributed by atoms with Crippen LogP contribution in [0.2, 0.25) is 0 Å². The summed E-state index contributed by atoms with van der Waals surface area (Å²) in [5, 5.41) is 7.64. The smallest absolute Gasteiger partial charge is 0.0537 e. The first-order chi connectivity index (χ1) is 7.86. The highest BCUT2D eigenvalue weighted by atomic mass is 15.3.